The van der Waals surface area contributed by atoms with Crippen LogP contribution in [0.1, 0.15) is 48.9 Å². The van der Waals surface area contributed by atoms with E-state index in [-0.39, 0.29) is 11.9 Å². The van der Waals surface area contributed by atoms with Crippen LogP contribution in [0.5, 0.6) is 0 Å². The van der Waals surface area contributed by atoms with Crippen molar-refractivity contribution >= 4 is 34.6 Å². The normalized spacial score (nSPS) is 14.9. The number of nitrogens with zero attached hydrogens (tertiary/aromatic N) is 1. The first-order valence-electron chi connectivity index (χ1n) is 9.53. The number of hydrogen-bond acceptors (Lipinski definition) is 2. The van der Waals surface area contributed by atoms with Crippen LogP contribution in [0.25, 0.3) is 0 Å². The number of carbonyl (C=O) groups is 1. The van der Waals surface area contributed by atoms with Gasteiger partial charge < -0.3 is 15.5 Å². The second-order valence-electron chi connectivity index (χ2n) is 7.12. The van der Waals surface area contributed by atoms with Crippen molar-refractivity contribution in [2.24, 2.45) is 0 Å². The van der Waals surface area contributed by atoms with Gasteiger partial charge in [-0.05, 0) is 68.2 Å². The Morgan fingerprint density at radius 3 is 2.52 bits per heavy atom. The van der Waals surface area contributed by atoms with Crippen LogP contribution in [0.2, 0.25) is 0 Å². The monoisotopic (exact) mass is 381 g/mol. The quantitative estimate of drug-likeness (QED) is 0.726. The summed E-state index contributed by atoms with van der Waals surface area (Å²) in [5.41, 5.74) is 5.48. The van der Waals surface area contributed by atoms with Crippen molar-refractivity contribution in [1.29, 1.82) is 0 Å². The van der Waals surface area contributed by atoms with E-state index in [1.165, 1.54) is 11.1 Å². The topological polar surface area (TPSA) is 44.4 Å². The van der Waals surface area contributed by atoms with Crippen molar-refractivity contribution in [3.05, 3.63) is 59.2 Å². The Morgan fingerprint density at radius 2 is 1.93 bits per heavy atom. The first-order valence-corrected chi connectivity index (χ1v) is 9.94. The summed E-state index contributed by atoms with van der Waals surface area (Å²) in [5, 5.41) is 7.28. The maximum absolute atomic E-state index is 12.0. The fourth-order valence-corrected chi connectivity index (χ4v) is 3.74. The Hall–Kier alpha value is -2.40. The number of benzene rings is 2. The number of hydrogen-bond donors (Lipinski definition) is 2. The molecule has 2 aromatic carbocycles. The minimum absolute atomic E-state index is 0.174. The summed E-state index contributed by atoms with van der Waals surface area (Å²) in [6.07, 6.45) is 2.52. The van der Waals surface area contributed by atoms with Crippen molar-refractivity contribution in [3.8, 4) is 0 Å². The van der Waals surface area contributed by atoms with Gasteiger partial charge in [-0.2, -0.15) is 0 Å². The van der Waals surface area contributed by atoms with Gasteiger partial charge in [-0.25, -0.2) is 0 Å². The van der Waals surface area contributed by atoms with Crippen LogP contribution in [0.15, 0.2) is 42.5 Å². The van der Waals surface area contributed by atoms with Gasteiger partial charge in [0.15, 0.2) is 5.11 Å². The third kappa shape index (κ3) is 4.66. The molecule has 2 N–H and O–H groups in total. The van der Waals surface area contributed by atoms with Crippen LogP contribution < -0.4 is 15.5 Å². The SMILES string of the molecule is CCC(NC(=S)Nc1ccc(N2CCCC2=O)c(C)c1)c1ccc(C)cc1. The van der Waals surface area contributed by atoms with Crippen LogP contribution in [-0.4, -0.2) is 17.6 Å². The summed E-state index contributed by atoms with van der Waals surface area (Å²) in [4.78, 5) is 13.9. The molecule has 1 saturated heterocycles. The van der Waals surface area contributed by atoms with Gasteiger partial charge in [0.1, 0.15) is 0 Å². The van der Waals surface area contributed by atoms with Crippen molar-refractivity contribution in [3.63, 3.8) is 0 Å². The molecule has 0 spiro atoms. The first kappa shape index (κ1) is 19.4. The fourth-order valence-electron chi connectivity index (χ4n) is 3.48. The van der Waals surface area contributed by atoms with Crippen LogP contribution in [0.4, 0.5) is 11.4 Å². The summed E-state index contributed by atoms with van der Waals surface area (Å²) in [7, 11) is 0. The van der Waals surface area contributed by atoms with Gasteiger partial charge in [0.05, 0.1) is 6.04 Å². The molecule has 2 aromatic rings. The predicted octanol–water partition coefficient (Wildman–Crippen LogP) is 4.87. The number of carbonyl (C=O) groups excluding carboxylic acids is 1. The minimum atomic E-state index is 0.174. The van der Waals surface area contributed by atoms with Gasteiger partial charge in [0.2, 0.25) is 5.91 Å². The smallest absolute Gasteiger partial charge is 0.227 e. The van der Waals surface area contributed by atoms with E-state index in [0.29, 0.717) is 11.5 Å². The number of thiocarbonyl (C=S) groups is 1. The second kappa shape index (κ2) is 8.53. The van der Waals surface area contributed by atoms with Gasteiger partial charge in [0, 0.05) is 24.3 Å². The molecule has 3 rings (SSSR count). The largest absolute Gasteiger partial charge is 0.356 e. The van der Waals surface area contributed by atoms with E-state index in [1.54, 1.807) is 0 Å². The molecule has 0 aromatic heterocycles. The molecule has 27 heavy (non-hydrogen) atoms. The molecular weight excluding hydrogens is 354 g/mol. The summed E-state index contributed by atoms with van der Waals surface area (Å²) < 4.78 is 0. The average molecular weight is 382 g/mol. The molecular formula is C22H27N3OS. The molecule has 0 radical (unpaired) electrons. The zero-order chi connectivity index (χ0) is 19.4. The van der Waals surface area contributed by atoms with Crippen molar-refractivity contribution in [1.82, 2.24) is 5.32 Å². The second-order valence-corrected chi connectivity index (χ2v) is 7.53. The Kier molecular flexibility index (Phi) is 6.11. The first-order chi connectivity index (χ1) is 13.0. The Labute approximate surface area is 167 Å². The number of aryl methyl sites for hydroxylation is 2. The van der Waals surface area contributed by atoms with E-state index in [4.69, 9.17) is 12.2 Å². The third-order valence-corrected chi connectivity index (χ3v) is 5.23. The highest BCUT2D eigenvalue weighted by Crippen LogP contribution is 2.27. The Morgan fingerprint density at radius 1 is 1.19 bits per heavy atom. The molecule has 0 aliphatic carbocycles. The molecule has 1 aliphatic heterocycles. The van der Waals surface area contributed by atoms with Crippen LogP contribution in [-0.2, 0) is 4.79 Å². The molecule has 1 unspecified atom stereocenters. The lowest BCUT2D eigenvalue weighted by Crippen LogP contribution is -2.32. The molecule has 4 nitrogen and oxygen atoms in total. The minimum Gasteiger partial charge on any atom is -0.356 e. The molecule has 1 amide bonds. The standard InChI is InChI=1S/C22H27N3OS/c1-4-19(17-9-7-15(2)8-10-17)24-22(27)23-18-11-12-20(16(3)14-18)25-13-5-6-21(25)26/h7-12,14,19H,4-6,13H2,1-3H3,(H2,23,24,27). The molecule has 0 bridgehead atoms. The summed E-state index contributed by atoms with van der Waals surface area (Å²) in [5.74, 6) is 0.208. The number of rotatable bonds is 5. The maximum atomic E-state index is 12.0. The highest BCUT2D eigenvalue weighted by Gasteiger charge is 2.23. The zero-order valence-electron chi connectivity index (χ0n) is 16.2. The maximum Gasteiger partial charge on any atom is 0.227 e. The zero-order valence-corrected chi connectivity index (χ0v) is 17.0. The van der Waals surface area contributed by atoms with Crippen molar-refractivity contribution < 1.29 is 4.79 Å². The Balaban J connectivity index is 1.65. The summed E-state index contributed by atoms with van der Waals surface area (Å²) in [6, 6.07) is 14.7. The van der Waals surface area contributed by atoms with Crippen LogP contribution >= 0.6 is 12.2 Å². The highest BCUT2D eigenvalue weighted by molar-refractivity contribution is 7.80. The highest BCUT2D eigenvalue weighted by atomic mass is 32.1. The van der Waals surface area contributed by atoms with Gasteiger partial charge >= 0.3 is 0 Å². The van der Waals surface area contributed by atoms with Crippen molar-refractivity contribution in [2.45, 2.75) is 46.1 Å². The number of nitrogens with one attached hydrogen (secondary N) is 2. The van der Waals surface area contributed by atoms with E-state index in [0.717, 1.165) is 36.3 Å². The molecule has 1 atom stereocenters. The lowest BCUT2D eigenvalue weighted by Gasteiger charge is -2.22. The van der Waals surface area contributed by atoms with E-state index in [1.807, 2.05) is 30.0 Å². The van der Waals surface area contributed by atoms with Crippen LogP contribution in [0.3, 0.4) is 0 Å². The van der Waals surface area contributed by atoms with E-state index >= 15 is 0 Å². The van der Waals surface area contributed by atoms with Gasteiger partial charge in [0.25, 0.3) is 0 Å². The lowest BCUT2D eigenvalue weighted by atomic mass is 10.0. The molecule has 1 aliphatic rings. The van der Waals surface area contributed by atoms with E-state index in [9.17, 15) is 4.79 Å². The number of amides is 1. The van der Waals surface area contributed by atoms with Gasteiger partial charge in [-0.1, -0.05) is 36.8 Å². The summed E-state index contributed by atoms with van der Waals surface area (Å²) >= 11 is 5.52. The molecule has 142 valence electrons. The Bertz CT molecular complexity index is 832. The predicted molar refractivity (Wildman–Crippen MR) is 116 cm³/mol. The third-order valence-electron chi connectivity index (χ3n) is 5.01. The summed E-state index contributed by atoms with van der Waals surface area (Å²) in [6.45, 7) is 7.07. The fraction of sp³-hybridized carbons (Fsp3) is 0.364. The average Bonchev–Trinajstić information content (AvgIpc) is 3.06. The lowest BCUT2D eigenvalue weighted by molar-refractivity contribution is -0.117. The number of anilines is 2. The van der Waals surface area contributed by atoms with E-state index < -0.39 is 0 Å². The van der Waals surface area contributed by atoms with Crippen molar-refractivity contribution in [2.75, 3.05) is 16.8 Å². The molecule has 5 heteroatoms. The molecule has 1 heterocycles. The van der Waals surface area contributed by atoms with Gasteiger partial charge in [-0.3, -0.25) is 4.79 Å². The van der Waals surface area contributed by atoms with E-state index in [2.05, 4.69) is 48.7 Å². The molecule has 1 fully saturated rings. The van der Waals surface area contributed by atoms with Crippen LogP contribution in [0, 0.1) is 13.8 Å². The van der Waals surface area contributed by atoms with Gasteiger partial charge in [-0.15, -0.1) is 0 Å². The molecule has 0 saturated carbocycles.